The van der Waals surface area contributed by atoms with E-state index in [1.54, 1.807) is 19.0 Å². The molecule has 0 bridgehead atoms. The molecular weight excluding hydrogens is 475 g/mol. The van der Waals surface area contributed by atoms with Gasteiger partial charge in [-0.3, -0.25) is 4.79 Å². The molecule has 0 aromatic heterocycles. The van der Waals surface area contributed by atoms with E-state index in [1.165, 1.54) is 18.6 Å². The van der Waals surface area contributed by atoms with Crippen molar-refractivity contribution in [2.24, 2.45) is 4.99 Å². The van der Waals surface area contributed by atoms with Crippen molar-refractivity contribution in [2.75, 3.05) is 39.5 Å². The second-order valence-electron chi connectivity index (χ2n) is 6.84. The maximum absolute atomic E-state index is 11.9. The topological polar surface area (TPSA) is 66.0 Å². The Morgan fingerprint density at radius 3 is 2.89 bits per heavy atom. The zero-order valence-corrected chi connectivity index (χ0v) is 19.1. The first-order chi connectivity index (χ1) is 12.6. The third-order valence-corrected chi connectivity index (χ3v) is 6.06. The second kappa shape index (κ2) is 11.0. The summed E-state index contributed by atoms with van der Waals surface area (Å²) >= 11 is 2.01. The summed E-state index contributed by atoms with van der Waals surface area (Å²) in [6.07, 6.45) is 3.39. The highest BCUT2D eigenvalue weighted by Gasteiger charge is 2.23. The van der Waals surface area contributed by atoms with Crippen LogP contribution in [0.3, 0.4) is 0 Å². The van der Waals surface area contributed by atoms with E-state index in [-0.39, 0.29) is 42.5 Å². The van der Waals surface area contributed by atoms with E-state index in [9.17, 15) is 4.79 Å². The third kappa shape index (κ3) is 6.44. The standard InChI is InChI=1S/C19H28N4O2S.HI/c1-23(2)18(24)13-21-19(20-12-14-6-5-11-26-14)22-16-9-10-25-17-8-4-3-7-15(16)17;/h3-4,7-8,14,16H,5-6,9-13H2,1-2H3,(H2,20,21,22);1H. The molecule has 1 aromatic rings. The lowest BCUT2D eigenvalue weighted by Crippen LogP contribution is -2.43. The van der Waals surface area contributed by atoms with Gasteiger partial charge in [0.1, 0.15) is 12.3 Å². The van der Waals surface area contributed by atoms with Crippen LogP contribution in [0.15, 0.2) is 29.3 Å². The second-order valence-corrected chi connectivity index (χ2v) is 8.25. The highest BCUT2D eigenvalue weighted by atomic mass is 127. The number of hydrogen-bond acceptors (Lipinski definition) is 4. The number of aliphatic imine (C=N–C) groups is 1. The Morgan fingerprint density at radius 2 is 2.15 bits per heavy atom. The molecule has 1 fully saturated rings. The molecule has 1 amide bonds. The summed E-state index contributed by atoms with van der Waals surface area (Å²) in [7, 11) is 3.50. The summed E-state index contributed by atoms with van der Waals surface area (Å²) in [4.78, 5) is 18.0. The molecule has 2 unspecified atom stereocenters. The number of carbonyl (C=O) groups excluding carboxylic acids is 1. The maximum atomic E-state index is 11.9. The summed E-state index contributed by atoms with van der Waals surface area (Å²) in [5, 5.41) is 7.57. The number of thioether (sulfide) groups is 1. The highest BCUT2D eigenvalue weighted by molar-refractivity contribution is 14.0. The Hall–Kier alpha value is -1.16. The molecule has 3 rings (SSSR count). The number of rotatable bonds is 5. The minimum absolute atomic E-state index is 0. The molecule has 150 valence electrons. The molecule has 2 aliphatic heterocycles. The van der Waals surface area contributed by atoms with Gasteiger partial charge in [-0.25, -0.2) is 4.99 Å². The Morgan fingerprint density at radius 1 is 1.33 bits per heavy atom. The number of benzene rings is 1. The SMILES string of the molecule is CN(C)C(=O)CN=C(NCC1CCCS1)NC1CCOc2ccccc21.I. The molecule has 0 radical (unpaired) electrons. The van der Waals surface area contributed by atoms with Crippen molar-refractivity contribution in [3.8, 4) is 5.75 Å². The van der Waals surface area contributed by atoms with E-state index in [1.807, 2.05) is 30.0 Å². The van der Waals surface area contributed by atoms with Gasteiger partial charge in [-0.15, -0.1) is 24.0 Å². The lowest BCUT2D eigenvalue weighted by atomic mass is 10.0. The average Bonchev–Trinajstić information content (AvgIpc) is 3.17. The number of carbonyl (C=O) groups is 1. The van der Waals surface area contributed by atoms with Crippen molar-refractivity contribution >= 4 is 47.6 Å². The lowest BCUT2D eigenvalue weighted by Gasteiger charge is -2.28. The van der Waals surface area contributed by atoms with Crippen molar-refractivity contribution in [1.82, 2.24) is 15.5 Å². The third-order valence-electron chi connectivity index (χ3n) is 4.66. The van der Waals surface area contributed by atoms with Gasteiger partial charge in [-0.1, -0.05) is 18.2 Å². The van der Waals surface area contributed by atoms with Gasteiger partial charge in [0.25, 0.3) is 0 Å². The van der Waals surface area contributed by atoms with Gasteiger partial charge in [0.05, 0.1) is 12.6 Å². The quantitative estimate of drug-likeness (QED) is 0.367. The minimum Gasteiger partial charge on any atom is -0.493 e. The predicted molar refractivity (Wildman–Crippen MR) is 122 cm³/mol. The van der Waals surface area contributed by atoms with Crippen molar-refractivity contribution in [1.29, 1.82) is 0 Å². The molecule has 2 heterocycles. The van der Waals surface area contributed by atoms with Gasteiger partial charge >= 0.3 is 0 Å². The molecule has 2 atom stereocenters. The van der Waals surface area contributed by atoms with Gasteiger partial charge in [-0.05, 0) is 24.7 Å². The fraction of sp³-hybridized carbons (Fsp3) is 0.579. The molecule has 1 saturated heterocycles. The van der Waals surface area contributed by atoms with Crippen LogP contribution in [0.25, 0.3) is 0 Å². The number of halogens is 1. The molecule has 6 nitrogen and oxygen atoms in total. The molecule has 1 aromatic carbocycles. The fourth-order valence-electron chi connectivity index (χ4n) is 3.11. The van der Waals surface area contributed by atoms with Crippen molar-refractivity contribution < 1.29 is 9.53 Å². The summed E-state index contributed by atoms with van der Waals surface area (Å²) in [5.74, 6) is 2.85. The Balaban J connectivity index is 0.00000261. The zero-order chi connectivity index (χ0) is 18.4. The number of ether oxygens (including phenoxy) is 1. The molecule has 27 heavy (non-hydrogen) atoms. The minimum atomic E-state index is -0.00582. The normalized spacial score (nSPS) is 21.5. The summed E-state index contributed by atoms with van der Waals surface area (Å²) < 4.78 is 5.74. The van der Waals surface area contributed by atoms with Gasteiger partial charge in [0, 0.05) is 37.9 Å². The number of likely N-dealkylation sites (N-methyl/N-ethyl adjacent to an activating group) is 1. The number of fused-ring (bicyclic) bond motifs is 1. The molecule has 8 heteroatoms. The number of guanidine groups is 1. The first-order valence-electron chi connectivity index (χ1n) is 9.22. The first kappa shape index (κ1) is 22.1. The van der Waals surface area contributed by atoms with E-state index in [4.69, 9.17) is 4.74 Å². The largest absolute Gasteiger partial charge is 0.493 e. The van der Waals surface area contributed by atoms with Crippen molar-refractivity contribution in [3.05, 3.63) is 29.8 Å². The van der Waals surface area contributed by atoms with Crippen LogP contribution in [-0.2, 0) is 4.79 Å². The van der Waals surface area contributed by atoms with Gasteiger partial charge in [-0.2, -0.15) is 11.8 Å². The molecule has 2 aliphatic rings. The molecular formula is C19H29IN4O2S. The fourth-order valence-corrected chi connectivity index (χ4v) is 4.31. The van der Waals surface area contributed by atoms with E-state index < -0.39 is 0 Å². The average molecular weight is 504 g/mol. The Labute approximate surface area is 182 Å². The van der Waals surface area contributed by atoms with E-state index in [2.05, 4.69) is 21.7 Å². The van der Waals surface area contributed by atoms with Crippen LogP contribution in [0, 0.1) is 0 Å². The van der Waals surface area contributed by atoms with Crippen LogP contribution in [0.4, 0.5) is 0 Å². The van der Waals surface area contributed by atoms with Gasteiger partial charge < -0.3 is 20.3 Å². The van der Waals surface area contributed by atoms with Crippen LogP contribution in [0.1, 0.15) is 30.9 Å². The number of amides is 1. The Bertz CT molecular complexity index is 650. The van der Waals surface area contributed by atoms with E-state index >= 15 is 0 Å². The first-order valence-corrected chi connectivity index (χ1v) is 10.3. The van der Waals surface area contributed by atoms with Crippen molar-refractivity contribution in [2.45, 2.75) is 30.6 Å². The number of hydrogen-bond donors (Lipinski definition) is 2. The molecule has 0 saturated carbocycles. The van der Waals surface area contributed by atoms with E-state index in [0.717, 1.165) is 24.3 Å². The number of nitrogens with zero attached hydrogens (tertiary/aromatic N) is 2. The summed E-state index contributed by atoms with van der Waals surface area (Å²) in [5.41, 5.74) is 1.14. The summed E-state index contributed by atoms with van der Waals surface area (Å²) in [6, 6.07) is 8.23. The van der Waals surface area contributed by atoms with E-state index in [0.29, 0.717) is 17.8 Å². The molecule has 0 aliphatic carbocycles. The smallest absolute Gasteiger partial charge is 0.243 e. The van der Waals surface area contributed by atoms with Crippen LogP contribution >= 0.6 is 35.7 Å². The highest BCUT2D eigenvalue weighted by Crippen LogP contribution is 2.31. The lowest BCUT2D eigenvalue weighted by molar-refractivity contribution is -0.127. The monoisotopic (exact) mass is 504 g/mol. The summed E-state index contributed by atoms with van der Waals surface area (Å²) in [6.45, 7) is 1.69. The Kier molecular flexibility index (Phi) is 9.01. The van der Waals surface area contributed by atoms with Crippen LogP contribution in [-0.4, -0.2) is 61.6 Å². The predicted octanol–water partition coefficient (Wildman–Crippen LogP) is 2.65. The van der Waals surface area contributed by atoms with Crippen LogP contribution in [0.5, 0.6) is 5.75 Å². The van der Waals surface area contributed by atoms with Gasteiger partial charge in [0.15, 0.2) is 5.96 Å². The number of para-hydroxylation sites is 1. The number of nitrogens with one attached hydrogen (secondary N) is 2. The molecule has 2 N–H and O–H groups in total. The maximum Gasteiger partial charge on any atom is 0.243 e. The van der Waals surface area contributed by atoms with Crippen LogP contribution in [0.2, 0.25) is 0 Å². The van der Waals surface area contributed by atoms with Crippen molar-refractivity contribution in [3.63, 3.8) is 0 Å². The zero-order valence-electron chi connectivity index (χ0n) is 15.9. The van der Waals surface area contributed by atoms with Gasteiger partial charge in [0.2, 0.25) is 5.91 Å². The van der Waals surface area contributed by atoms with Crippen LogP contribution < -0.4 is 15.4 Å². The molecule has 0 spiro atoms.